The first-order valence-corrected chi connectivity index (χ1v) is 10.6. The highest BCUT2D eigenvalue weighted by molar-refractivity contribution is 5.93. The van der Waals surface area contributed by atoms with E-state index in [0.717, 1.165) is 0 Å². The number of esters is 1. The normalized spacial score (nSPS) is 10.7. The molecule has 0 aliphatic rings. The van der Waals surface area contributed by atoms with Crippen LogP contribution in [0.15, 0.2) is 63.8 Å². The van der Waals surface area contributed by atoms with E-state index in [1.54, 1.807) is 62.6 Å². The summed E-state index contributed by atoms with van der Waals surface area (Å²) >= 11 is 0. The van der Waals surface area contributed by atoms with E-state index >= 15 is 0 Å². The molecule has 1 heterocycles. The van der Waals surface area contributed by atoms with E-state index in [0.29, 0.717) is 50.9 Å². The van der Waals surface area contributed by atoms with Gasteiger partial charge in [-0.25, -0.2) is 4.79 Å². The maximum atomic E-state index is 13.3. The van der Waals surface area contributed by atoms with Crippen molar-refractivity contribution in [1.82, 2.24) is 0 Å². The fraction of sp³-hybridized carbons (Fsp3) is 0.185. The van der Waals surface area contributed by atoms with Gasteiger partial charge in [-0.05, 0) is 48.9 Å². The number of benzene rings is 3. The lowest BCUT2D eigenvalue weighted by molar-refractivity contribution is 0.0734. The van der Waals surface area contributed by atoms with Gasteiger partial charge < -0.3 is 28.1 Å². The van der Waals surface area contributed by atoms with Gasteiger partial charge in [-0.15, -0.1) is 0 Å². The summed E-state index contributed by atoms with van der Waals surface area (Å²) in [5.74, 6) is 2.00. The predicted octanol–water partition coefficient (Wildman–Crippen LogP) is 5.02. The van der Waals surface area contributed by atoms with Crippen molar-refractivity contribution in [3.8, 4) is 39.9 Å². The molecule has 4 aromatic rings. The van der Waals surface area contributed by atoms with Crippen LogP contribution in [0.1, 0.15) is 16.1 Å². The maximum absolute atomic E-state index is 13.3. The molecule has 1 aromatic heterocycles. The van der Waals surface area contributed by atoms with Crippen molar-refractivity contribution < 1.29 is 32.9 Å². The van der Waals surface area contributed by atoms with Gasteiger partial charge in [0, 0.05) is 12.1 Å². The van der Waals surface area contributed by atoms with Gasteiger partial charge in [0.25, 0.3) is 0 Å². The molecular weight excluding hydrogens is 452 g/mol. The minimum absolute atomic E-state index is 0.216. The zero-order chi connectivity index (χ0) is 25.1. The van der Waals surface area contributed by atoms with Crippen molar-refractivity contribution >= 4 is 16.9 Å². The van der Waals surface area contributed by atoms with Crippen molar-refractivity contribution in [1.29, 1.82) is 0 Å². The van der Waals surface area contributed by atoms with Crippen molar-refractivity contribution in [2.75, 3.05) is 28.4 Å². The second-order valence-electron chi connectivity index (χ2n) is 7.58. The van der Waals surface area contributed by atoms with E-state index < -0.39 is 5.97 Å². The zero-order valence-electron chi connectivity index (χ0n) is 20.0. The number of methoxy groups -OCH3 is 4. The summed E-state index contributed by atoms with van der Waals surface area (Å²) in [6, 6.07) is 14.6. The third-order valence-corrected chi connectivity index (χ3v) is 5.51. The third-order valence-electron chi connectivity index (χ3n) is 5.51. The van der Waals surface area contributed by atoms with Gasteiger partial charge >= 0.3 is 5.97 Å². The van der Waals surface area contributed by atoms with Crippen molar-refractivity contribution in [3.63, 3.8) is 0 Å². The summed E-state index contributed by atoms with van der Waals surface area (Å²) in [6.45, 7) is 1.70. The molecule has 0 unspecified atom stereocenters. The highest BCUT2D eigenvalue weighted by atomic mass is 16.5. The van der Waals surface area contributed by atoms with Crippen LogP contribution >= 0.6 is 0 Å². The Morgan fingerprint density at radius 1 is 0.743 bits per heavy atom. The molecule has 0 amide bonds. The van der Waals surface area contributed by atoms with Gasteiger partial charge in [0.05, 0.1) is 45.0 Å². The quantitative estimate of drug-likeness (QED) is 0.271. The number of hydrogen-bond acceptors (Lipinski definition) is 8. The van der Waals surface area contributed by atoms with Crippen LogP contribution in [0, 0.1) is 6.92 Å². The molecular formula is C27H24O8. The van der Waals surface area contributed by atoms with Crippen molar-refractivity contribution in [2.45, 2.75) is 6.92 Å². The molecule has 4 rings (SSSR count). The Labute approximate surface area is 201 Å². The lowest BCUT2D eigenvalue weighted by Crippen LogP contribution is -2.10. The molecule has 35 heavy (non-hydrogen) atoms. The first-order valence-electron chi connectivity index (χ1n) is 10.6. The van der Waals surface area contributed by atoms with Crippen LogP contribution < -0.4 is 29.1 Å². The number of rotatable bonds is 7. The first kappa shape index (κ1) is 23.7. The summed E-state index contributed by atoms with van der Waals surface area (Å²) < 4.78 is 32.5. The summed E-state index contributed by atoms with van der Waals surface area (Å²) in [7, 11) is 6.06. The largest absolute Gasteiger partial charge is 0.497 e. The number of ether oxygens (including phenoxy) is 5. The van der Waals surface area contributed by atoms with Gasteiger partial charge in [-0.2, -0.15) is 0 Å². The molecule has 0 aliphatic heterocycles. The SMILES string of the molecule is COc1cc(OC)cc(C(=O)Oc2ccc3c(=O)c(-c4ccc(OC)c(OC)c4)c(C)oc3c2)c1. The Hall–Kier alpha value is -4.46. The van der Waals surface area contributed by atoms with Gasteiger partial charge in [0.15, 0.2) is 11.5 Å². The van der Waals surface area contributed by atoms with Crippen molar-refractivity contribution in [3.05, 3.63) is 76.1 Å². The fourth-order valence-electron chi connectivity index (χ4n) is 3.77. The maximum Gasteiger partial charge on any atom is 0.343 e. The minimum Gasteiger partial charge on any atom is -0.497 e. The van der Waals surface area contributed by atoms with E-state index in [2.05, 4.69) is 0 Å². The van der Waals surface area contributed by atoms with Gasteiger partial charge in [0.2, 0.25) is 5.43 Å². The highest BCUT2D eigenvalue weighted by Gasteiger charge is 2.18. The second-order valence-corrected chi connectivity index (χ2v) is 7.58. The van der Waals surface area contributed by atoms with Crippen LogP contribution in [0.4, 0.5) is 0 Å². The number of carbonyl (C=O) groups excluding carboxylic acids is 1. The smallest absolute Gasteiger partial charge is 0.343 e. The molecule has 0 spiro atoms. The van der Waals surface area contributed by atoms with Crippen LogP contribution in [-0.4, -0.2) is 34.4 Å². The Morgan fingerprint density at radius 2 is 1.43 bits per heavy atom. The summed E-state index contributed by atoms with van der Waals surface area (Å²) in [4.78, 5) is 26.1. The molecule has 0 aliphatic carbocycles. The molecule has 8 heteroatoms. The average Bonchev–Trinajstić information content (AvgIpc) is 2.87. The monoisotopic (exact) mass is 476 g/mol. The predicted molar refractivity (Wildman–Crippen MR) is 130 cm³/mol. The number of fused-ring (bicyclic) bond motifs is 1. The summed E-state index contributed by atoms with van der Waals surface area (Å²) in [6.07, 6.45) is 0. The Balaban J connectivity index is 1.70. The third kappa shape index (κ3) is 4.63. The van der Waals surface area contributed by atoms with Gasteiger partial charge in [-0.1, -0.05) is 6.07 Å². The van der Waals surface area contributed by atoms with Gasteiger partial charge in [0.1, 0.15) is 28.6 Å². The molecule has 180 valence electrons. The number of carbonyl (C=O) groups is 1. The van der Waals surface area contributed by atoms with E-state index in [4.69, 9.17) is 28.1 Å². The zero-order valence-corrected chi connectivity index (χ0v) is 20.0. The molecule has 0 radical (unpaired) electrons. The van der Waals surface area contributed by atoms with E-state index in [9.17, 15) is 9.59 Å². The van der Waals surface area contributed by atoms with Crippen LogP contribution in [0.25, 0.3) is 22.1 Å². The van der Waals surface area contributed by atoms with Crippen LogP contribution in [0.5, 0.6) is 28.7 Å². The molecule has 0 N–H and O–H groups in total. The molecule has 0 bridgehead atoms. The molecule has 0 saturated carbocycles. The summed E-state index contributed by atoms with van der Waals surface area (Å²) in [5.41, 5.74) is 1.38. The van der Waals surface area contributed by atoms with Crippen molar-refractivity contribution in [2.24, 2.45) is 0 Å². The lowest BCUT2D eigenvalue weighted by atomic mass is 10.0. The standard InChI is InChI=1S/C27H24O8/c1-15-25(16-6-9-22(32-4)24(12-16)33-5)26(28)21-8-7-18(14-23(21)34-15)35-27(29)17-10-19(30-2)13-20(11-17)31-3/h6-14H,1-5H3. The highest BCUT2D eigenvalue weighted by Crippen LogP contribution is 2.34. The Bertz CT molecular complexity index is 1450. The first-order chi connectivity index (χ1) is 16.9. The molecule has 8 nitrogen and oxygen atoms in total. The minimum atomic E-state index is -0.609. The van der Waals surface area contributed by atoms with Gasteiger partial charge in [-0.3, -0.25) is 4.79 Å². The van der Waals surface area contributed by atoms with Crippen LogP contribution in [0.3, 0.4) is 0 Å². The van der Waals surface area contributed by atoms with E-state index in [1.807, 2.05) is 0 Å². The molecule has 0 fully saturated rings. The number of aryl methyl sites for hydroxylation is 1. The van der Waals surface area contributed by atoms with Crippen LogP contribution in [-0.2, 0) is 0 Å². The Morgan fingerprint density at radius 3 is 2.06 bits per heavy atom. The molecule has 3 aromatic carbocycles. The van der Waals surface area contributed by atoms with E-state index in [-0.39, 0.29) is 16.7 Å². The Kier molecular flexibility index (Phi) is 6.64. The fourth-order valence-corrected chi connectivity index (χ4v) is 3.77. The summed E-state index contributed by atoms with van der Waals surface area (Å²) in [5, 5.41) is 0.350. The second kappa shape index (κ2) is 9.80. The van der Waals surface area contributed by atoms with Crippen LogP contribution in [0.2, 0.25) is 0 Å². The lowest BCUT2D eigenvalue weighted by Gasteiger charge is -2.12. The van der Waals surface area contributed by atoms with E-state index in [1.165, 1.54) is 27.4 Å². The molecule has 0 atom stereocenters. The molecule has 0 saturated heterocycles. The number of hydrogen-bond donors (Lipinski definition) is 0. The topological polar surface area (TPSA) is 93.4 Å². The average molecular weight is 476 g/mol.